The van der Waals surface area contributed by atoms with Gasteiger partial charge in [-0.2, -0.15) is 0 Å². The van der Waals surface area contributed by atoms with E-state index >= 15 is 0 Å². The average molecular weight is 442 g/mol. The van der Waals surface area contributed by atoms with Gasteiger partial charge in [0.05, 0.1) is 0 Å². The normalized spacial score (nSPS) is 16.7. The van der Waals surface area contributed by atoms with Crippen LogP contribution in [0.2, 0.25) is 0 Å². The van der Waals surface area contributed by atoms with E-state index in [0.717, 1.165) is 42.3 Å². The quantitative estimate of drug-likeness (QED) is 0.537. The summed E-state index contributed by atoms with van der Waals surface area (Å²) in [6.07, 6.45) is 5.09. The van der Waals surface area contributed by atoms with E-state index in [9.17, 15) is 13.6 Å². The number of hydrogen-bond acceptors (Lipinski definition) is 3. The van der Waals surface area contributed by atoms with Crippen molar-refractivity contribution < 1.29 is 18.3 Å². The monoisotopic (exact) mass is 441 g/mol. The van der Waals surface area contributed by atoms with Crippen LogP contribution in [0.25, 0.3) is 10.9 Å². The molecule has 3 aromatic rings. The van der Waals surface area contributed by atoms with Crippen LogP contribution >= 0.6 is 0 Å². The molecule has 1 amide bonds. The highest BCUT2D eigenvalue weighted by molar-refractivity contribution is 5.95. The van der Waals surface area contributed by atoms with Crippen molar-refractivity contribution in [1.29, 1.82) is 0 Å². The third-order valence-corrected chi connectivity index (χ3v) is 6.42. The maximum absolute atomic E-state index is 14.3. The first-order valence-corrected chi connectivity index (χ1v) is 11.1. The number of nitrogens with zero attached hydrogens (tertiary/aromatic N) is 1. The highest BCUT2D eigenvalue weighted by Gasteiger charge is 2.32. The number of halogens is 2. The number of carbonyl (C=O) groups is 1. The van der Waals surface area contributed by atoms with Gasteiger partial charge >= 0.3 is 0 Å². The van der Waals surface area contributed by atoms with Crippen LogP contribution in [0.4, 0.5) is 8.78 Å². The molecule has 4 rings (SSSR count). The number of hydrogen-bond donors (Lipinski definition) is 2. The Balaban J connectivity index is 1.51. The van der Waals surface area contributed by atoms with Crippen molar-refractivity contribution in [2.45, 2.75) is 51.6 Å². The van der Waals surface area contributed by atoms with Gasteiger partial charge in [-0.1, -0.05) is 6.92 Å². The van der Waals surface area contributed by atoms with Gasteiger partial charge in [0.1, 0.15) is 12.4 Å². The summed E-state index contributed by atoms with van der Waals surface area (Å²) >= 11 is 0. The number of ether oxygens (including phenoxy) is 1. The number of primary amides is 1. The Hall–Kier alpha value is -2.93. The lowest BCUT2D eigenvalue weighted by Crippen LogP contribution is -2.48. The van der Waals surface area contributed by atoms with Crippen LogP contribution in [0, 0.1) is 11.6 Å². The lowest BCUT2D eigenvalue weighted by molar-refractivity contribution is 0.0794. The Labute approximate surface area is 186 Å². The summed E-state index contributed by atoms with van der Waals surface area (Å²) in [6.45, 7) is 5.50. The molecule has 7 heteroatoms. The van der Waals surface area contributed by atoms with Gasteiger partial charge in [0, 0.05) is 40.3 Å². The van der Waals surface area contributed by atoms with Crippen LogP contribution in [0.3, 0.4) is 0 Å². The fraction of sp³-hybridized carbons (Fsp3) is 0.400. The van der Waals surface area contributed by atoms with Crippen LogP contribution < -0.4 is 10.5 Å². The summed E-state index contributed by atoms with van der Waals surface area (Å²) < 4.78 is 33.8. The maximum Gasteiger partial charge on any atom is 0.249 e. The molecule has 0 bridgehead atoms. The number of aryl methyl sites for hydroxylation is 1. The molecule has 2 heterocycles. The minimum atomic E-state index is -0.577. The Kier molecular flexibility index (Phi) is 6.46. The van der Waals surface area contributed by atoms with Crippen LogP contribution in [0.5, 0.6) is 5.75 Å². The summed E-state index contributed by atoms with van der Waals surface area (Å²) in [6, 6.07) is 7.68. The van der Waals surface area contributed by atoms with Crippen molar-refractivity contribution in [3.05, 3.63) is 64.9 Å². The summed E-state index contributed by atoms with van der Waals surface area (Å²) in [4.78, 5) is 17.5. The van der Waals surface area contributed by atoms with Crippen LogP contribution in [-0.4, -0.2) is 41.0 Å². The van der Waals surface area contributed by atoms with E-state index in [4.69, 9.17) is 10.5 Å². The molecule has 0 saturated carbocycles. The molecule has 1 aromatic heterocycles. The maximum atomic E-state index is 14.3. The van der Waals surface area contributed by atoms with E-state index in [1.54, 1.807) is 12.1 Å². The SMILES string of the molecule is CCCN(C(C)CCc1c[nH]c2ccc(F)cc12)C1COc2c(F)ccc(C(N)=O)c2C1. The molecule has 3 N–H and O–H groups in total. The number of aromatic nitrogens is 1. The van der Waals surface area contributed by atoms with E-state index in [-0.39, 0.29) is 23.7 Å². The molecule has 1 aliphatic heterocycles. The molecular weight excluding hydrogens is 412 g/mol. The predicted molar refractivity (Wildman–Crippen MR) is 121 cm³/mol. The number of fused-ring (bicyclic) bond motifs is 2. The number of amides is 1. The minimum absolute atomic E-state index is 0.0118. The highest BCUT2D eigenvalue weighted by Crippen LogP contribution is 2.33. The highest BCUT2D eigenvalue weighted by atomic mass is 19.1. The predicted octanol–water partition coefficient (Wildman–Crippen LogP) is 4.58. The van der Waals surface area contributed by atoms with E-state index < -0.39 is 11.7 Å². The third-order valence-electron chi connectivity index (χ3n) is 6.42. The van der Waals surface area contributed by atoms with Gasteiger partial charge < -0.3 is 15.5 Å². The van der Waals surface area contributed by atoms with Crippen molar-refractivity contribution in [3.8, 4) is 5.75 Å². The topological polar surface area (TPSA) is 71.3 Å². The molecule has 170 valence electrons. The van der Waals surface area contributed by atoms with Crippen LogP contribution in [0.1, 0.15) is 48.2 Å². The van der Waals surface area contributed by atoms with Gasteiger partial charge in [0.2, 0.25) is 5.91 Å². The molecule has 0 aliphatic carbocycles. The van der Waals surface area contributed by atoms with Crippen molar-refractivity contribution >= 4 is 16.8 Å². The standard InChI is InChI=1S/C25H29F2N3O2/c1-3-10-30(15(2)4-5-16-13-29-23-9-6-17(26)11-20(16)23)18-12-21-19(25(28)31)7-8-22(27)24(21)32-14-18/h6-9,11,13,15,18,29H,3-5,10,12,14H2,1-2H3,(H2,28,31). The first-order valence-electron chi connectivity index (χ1n) is 11.1. The molecule has 0 saturated heterocycles. The zero-order valence-corrected chi connectivity index (χ0v) is 18.5. The molecule has 2 atom stereocenters. The molecule has 32 heavy (non-hydrogen) atoms. The number of rotatable bonds is 8. The second-order valence-corrected chi connectivity index (χ2v) is 8.57. The summed E-state index contributed by atoms with van der Waals surface area (Å²) in [5, 5.41) is 0.913. The molecule has 2 unspecified atom stereocenters. The molecule has 1 aliphatic rings. The number of carbonyl (C=O) groups excluding carboxylic acids is 1. The van der Waals surface area contributed by atoms with Gasteiger partial charge in [0.15, 0.2) is 11.6 Å². The summed E-state index contributed by atoms with van der Waals surface area (Å²) in [5.74, 6) is -1.14. The number of aromatic amines is 1. The molecule has 0 spiro atoms. The lowest BCUT2D eigenvalue weighted by atomic mass is 9.94. The van der Waals surface area contributed by atoms with Gasteiger partial charge in [-0.3, -0.25) is 9.69 Å². The third kappa shape index (κ3) is 4.35. The summed E-state index contributed by atoms with van der Waals surface area (Å²) in [7, 11) is 0. The van der Waals surface area contributed by atoms with Gasteiger partial charge in [-0.15, -0.1) is 0 Å². The zero-order valence-electron chi connectivity index (χ0n) is 18.5. The zero-order chi connectivity index (χ0) is 22.8. The van der Waals surface area contributed by atoms with Crippen molar-refractivity contribution in [3.63, 3.8) is 0 Å². The average Bonchev–Trinajstić information content (AvgIpc) is 3.17. The number of benzene rings is 2. The largest absolute Gasteiger partial charge is 0.489 e. The molecule has 2 aromatic carbocycles. The van der Waals surface area contributed by atoms with Gasteiger partial charge in [-0.05, 0) is 75.0 Å². The number of nitrogens with one attached hydrogen (secondary N) is 1. The second kappa shape index (κ2) is 9.28. The van der Waals surface area contributed by atoms with Crippen LogP contribution in [0.15, 0.2) is 36.5 Å². The van der Waals surface area contributed by atoms with Crippen molar-refractivity contribution in [2.75, 3.05) is 13.2 Å². The molecule has 0 radical (unpaired) electrons. The second-order valence-electron chi connectivity index (χ2n) is 8.57. The van der Waals surface area contributed by atoms with Crippen molar-refractivity contribution in [1.82, 2.24) is 9.88 Å². The Morgan fingerprint density at radius 3 is 2.88 bits per heavy atom. The first-order chi connectivity index (χ1) is 15.4. The Morgan fingerprint density at radius 1 is 1.31 bits per heavy atom. The minimum Gasteiger partial charge on any atom is -0.489 e. The van der Waals surface area contributed by atoms with E-state index in [1.165, 1.54) is 18.2 Å². The Bertz CT molecular complexity index is 1130. The Morgan fingerprint density at radius 2 is 2.12 bits per heavy atom. The molecular formula is C25H29F2N3O2. The first kappa shape index (κ1) is 22.3. The van der Waals surface area contributed by atoms with E-state index in [0.29, 0.717) is 24.2 Å². The van der Waals surface area contributed by atoms with Gasteiger partial charge in [0.25, 0.3) is 0 Å². The summed E-state index contributed by atoms with van der Waals surface area (Å²) in [5.41, 5.74) is 8.41. The van der Waals surface area contributed by atoms with Crippen molar-refractivity contribution in [2.24, 2.45) is 5.73 Å². The van der Waals surface area contributed by atoms with Crippen LogP contribution in [-0.2, 0) is 12.8 Å². The van der Waals surface area contributed by atoms with Gasteiger partial charge in [-0.25, -0.2) is 8.78 Å². The molecule has 0 fully saturated rings. The fourth-order valence-electron chi connectivity index (χ4n) is 4.78. The van der Waals surface area contributed by atoms with E-state index in [1.807, 2.05) is 6.20 Å². The fourth-order valence-corrected chi connectivity index (χ4v) is 4.78. The smallest absolute Gasteiger partial charge is 0.249 e. The number of nitrogens with two attached hydrogens (primary N) is 1. The molecule has 5 nitrogen and oxygen atoms in total. The lowest BCUT2D eigenvalue weighted by Gasteiger charge is -2.39. The van der Waals surface area contributed by atoms with E-state index in [2.05, 4.69) is 23.7 Å². The number of H-pyrrole nitrogens is 1.